The normalized spacial score (nSPS) is 32.2. The summed E-state index contributed by atoms with van der Waals surface area (Å²) in [7, 11) is 0. The number of rotatable bonds is 2. The molecule has 1 aromatic carbocycles. The molecule has 3 rings (SSSR count). The monoisotopic (exact) mass is 250 g/mol. The highest BCUT2D eigenvalue weighted by Gasteiger charge is 2.38. The summed E-state index contributed by atoms with van der Waals surface area (Å²) in [6.07, 6.45) is 5.15. The number of anilines is 1. The van der Waals surface area contributed by atoms with Gasteiger partial charge in [0.1, 0.15) is 0 Å². The standard InChI is InChI=1S/C14H19ClN2/c15-12-5-1-2-6-13(12)16-14-7-3-9-17(11-14)10-4-8-14/h1-2,5-6,16H,3-4,7-11H2. The first-order valence-electron chi connectivity index (χ1n) is 6.53. The van der Waals surface area contributed by atoms with E-state index in [0.717, 1.165) is 10.7 Å². The summed E-state index contributed by atoms with van der Waals surface area (Å²) in [4.78, 5) is 2.58. The van der Waals surface area contributed by atoms with Crippen LogP contribution in [0.3, 0.4) is 0 Å². The average molecular weight is 251 g/mol. The molecular formula is C14H19ClN2. The zero-order valence-electron chi connectivity index (χ0n) is 10.1. The molecule has 1 aromatic rings. The van der Waals surface area contributed by atoms with Crippen molar-refractivity contribution in [2.24, 2.45) is 0 Å². The van der Waals surface area contributed by atoms with Gasteiger partial charge in [0.05, 0.1) is 16.2 Å². The van der Waals surface area contributed by atoms with Crippen molar-refractivity contribution in [2.45, 2.75) is 31.2 Å². The lowest BCUT2D eigenvalue weighted by molar-refractivity contribution is 0.112. The number of fused-ring (bicyclic) bond motifs is 2. The van der Waals surface area contributed by atoms with Gasteiger partial charge in [-0.1, -0.05) is 23.7 Å². The van der Waals surface area contributed by atoms with Crippen molar-refractivity contribution in [3.8, 4) is 0 Å². The minimum absolute atomic E-state index is 0.265. The van der Waals surface area contributed by atoms with Crippen LogP contribution in [0.4, 0.5) is 5.69 Å². The topological polar surface area (TPSA) is 15.3 Å². The lowest BCUT2D eigenvalue weighted by atomic mass is 9.81. The number of nitrogens with one attached hydrogen (secondary N) is 1. The Morgan fingerprint density at radius 1 is 1.12 bits per heavy atom. The van der Waals surface area contributed by atoms with Gasteiger partial charge in [0.25, 0.3) is 0 Å². The lowest BCUT2D eigenvalue weighted by Crippen LogP contribution is -2.56. The molecule has 1 N–H and O–H groups in total. The third kappa shape index (κ3) is 2.29. The Labute approximate surface area is 108 Å². The number of hydrogen-bond donors (Lipinski definition) is 1. The van der Waals surface area contributed by atoms with Crippen molar-refractivity contribution in [3.05, 3.63) is 29.3 Å². The molecule has 92 valence electrons. The maximum absolute atomic E-state index is 6.24. The van der Waals surface area contributed by atoms with E-state index in [4.69, 9.17) is 11.6 Å². The molecule has 0 unspecified atom stereocenters. The number of hydrogen-bond acceptors (Lipinski definition) is 2. The largest absolute Gasteiger partial charge is 0.377 e. The molecule has 0 saturated carbocycles. The first-order valence-corrected chi connectivity index (χ1v) is 6.90. The molecule has 0 spiro atoms. The van der Waals surface area contributed by atoms with Gasteiger partial charge in [0.15, 0.2) is 0 Å². The molecule has 0 atom stereocenters. The van der Waals surface area contributed by atoms with Crippen LogP contribution in [0.2, 0.25) is 5.02 Å². The molecule has 0 aromatic heterocycles. The molecule has 2 heterocycles. The number of halogens is 1. The quantitative estimate of drug-likeness (QED) is 0.866. The van der Waals surface area contributed by atoms with E-state index < -0.39 is 0 Å². The van der Waals surface area contributed by atoms with Gasteiger partial charge in [-0.05, 0) is 50.9 Å². The zero-order chi connectivity index (χ0) is 11.7. The second-order valence-corrected chi connectivity index (χ2v) is 5.78. The molecule has 2 aliphatic rings. The molecule has 2 aliphatic heterocycles. The van der Waals surface area contributed by atoms with E-state index in [1.54, 1.807) is 0 Å². The van der Waals surface area contributed by atoms with E-state index >= 15 is 0 Å². The van der Waals surface area contributed by atoms with Crippen LogP contribution in [-0.4, -0.2) is 30.1 Å². The molecule has 2 fully saturated rings. The number of para-hydroxylation sites is 1. The van der Waals surface area contributed by atoms with Crippen molar-refractivity contribution < 1.29 is 0 Å². The third-order valence-electron chi connectivity index (χ3n) is 4.06. The van der Waals surface area contributed by atoms with Gasteiger partial charge < -0.3 is 10.2 Å². The van der Waals surface area contributed by atoms with Crippen molar-refractivity contribution in [1.29, 1.82) is 0 Å². The maximum Gasteiger partial charge on any atom is 0.0637 e. The molecule has 0 amide bonds. The van der Waals surface area contributed by atoms with Crippen LogP contribution in [0.25, 0.3) is 0 Å². The van der Waals surface area contributed by atoms with Gasteiger partial charge in [0, 0.05) is 6.54 Å². The number of nitrogens with zero attached hydrogens (tertiary/aromatic N) is 1. The van der Waals surface area contributed by atoms with Crippen molar-refractivity contribution in [3.63, 3.8) is 0 Å². The minimum Gasteiger partial charge on any atom is -0.377 e. The van der Waals surface area contributed by atoms with E-state index in [-0.39, 0.29) is 5.54 Å². The summed E-state index contributed by atoms with van der Waals surface area (Å²) in [5.74, 6) is 0. The molecule has 3 heteroatoms. The molecule has 0 radical (unpaired) electrons. The van der Waals surface area contributed by atoms with E-state index in [2.05, 4.69) is 16.3 Å². The SMILES string of the molecule is Clc1ccccc1NC12CCCN(CCC1)C2. The first kappa shape index (κ1) is 11.4. The van der Waals surface area contributed by atoms with Crippen molar-refractivity contribution in [2.75, 3.05) is 25.0 Å². The summed E-state index contributed by atoms with van der Waals surface area (Å²) >= 11 is 6.24. The lowest BCUT2D eigenvalue weighted by Gasteiger charge is -2.48. The Morgan fingerprint density at radius 3 is 2.53 bits per heavy atom. The van der Waals surface area contributed by atoms with Crippen LogP contribution in [-0.2, 0) is 0 Å². The summed E-state index contributed by atoms with van der Waals surface area (Å²) in [6.45, 7) is 3.72. The van der Waals surface area contributed by atoms with E-state index in [9.17, 15) is 0 Å². The van der Waals surface area contributed by atoms with Gasteiger partial charge in [-0.15, -0.1) is 0 Å². The van der Waals surface area contributed by atoms with Gasteiger partial charge in [-0.3, -0.25) is 0 Å². The van der Waals surface area contributed by atoms with E-state index in [1.807, 2.05) is 18.2 Å². The predicted octanol–water partition coefficient (Wildman–Crippen LogP) is 3.38. The van der Waals surface area contributed by atoms with Gasteiger partial charge in [-0.2, -0.15) is 0 Å². The Balaban J connectivity index is 1.81. The molecule has 2 saturated heterocycles. The number of benzene rings is 1. The fourth-order valence-electron chi connectivity index (χ4n) is 3.28. The second kappa shape index (κ2) is 4.51. The molecule has 2 nitrogen and oxygen atoms in total. The molecular weight excluding hydrogens is 232 g/mol. The van der Waals surface area contributed by atoms with Crippen LogP contribution >= 0.6 is 11.6 Å². The fraction of sp³-hybridized carbons (Fsp3) is 0.571. The highest BCUT2D eigenvalue weighted by atomic mass is 35.5. The summed E-state index contributed by atoms with van der Waals surface area (Å²) in [5.41, 5.74) is 1.36. The highest BCUT2D eigenvalue weighted by molar-refractivity contribution is 6.33. The van der Waals surface area contributed by atoms with Crippen LogP contribution in [0.5, 0.6) is 0 Å². The summed E-state index contributed by atoms with van der Waals surface area (Å²) < 4.78 is 0. The van der Waals surface area contributed by atoms with Crippen molar-refractivity contribution >= 4 is 17.3 Å². The Bertz CT molecular complexity index is 395. The average Bonchev–Trinajstić information content (AvgIpc) is 2.32. The Hall–Kier alpha value is -0.730. The third-order valence-corrected chi connectivity index (χ3v) is 4.39. The minimum atomic E-state index is 0.265. The molecule has 17 heavy (non-hydrogen) atoms. The number of piperidine rings is 2. The van der Waals surface area contributed by atoms with Crippen LogP contribution in [0.1, 0.15) is 25.7 Å². The predicted molar refractivity (Wildman–Crippen MR) is 72.7 cm³/mol. The highest BCUT2D eigenvalue weighted by Crippen LogP contribution is 2.35. The van der Waals surface area contributed by atoms with Gasteiger partial charge in [0.2, 0.25) is 0 Å². The van der Waals surface area contributed by atoms with E-state index in [0.29, 0.717) is 0 Å². The van der Waals surface area contributed by atoms with Crippen molar-refractivity contribution in [1.82, 2.24) is 4.90 Å². The zero-order valence-corrected chi connectivity index (χ0v) is 10.8. The van der Waals surface area contributed by atoms with Crippen LogP contribution in [0.15, 0.2) is 24.3 Å². The van der Waals surface area contributed by atoms with Gasteiger partial charge >= 0.3 is 0 Å². The second-order valence-electron chi connectivity index (χ2n) is 5.37. The van der Waals surface area contributed by atoms with Crippen LogP contribution in [0, 0.1) is 0 Å². The molecule has 0 aliphatic carbocycles. The van der Waals surface area contributed by atoms with Crippen LogP contribution < -0.4 is 5.32 Å². The Morgan fingerprint density at radius 2 is 1.82 bits per heavy atom. The summed E-state index contributed by atoms with van der Waals surface area (Å²) in [6, 6.07) is 8.09. The summed E-state index contributed by atoms with van der Waals surface area (Å²) in [5, 5.41) is 4.56. The fourth-order valence-corrected chi connectivity index (χ4v) is 3.46. The Kier molecular flexibility index (Phi) is 3.01. The van der Waals surface area contributed by atoms with Gasteiger partial charge in [-0.25, -0.2) is 0 Å². The first-order chi connectivity index (χ1) is 8.27. The smallest absolute Gasteiger partial charge is 0.0637 e. The van der Waals surface area contributed by atoms with E-state index in [1.165, 1.54) is 45.3 Å². The molecule has 2 bridgehead atoms. The maximum atomic E-state index is 6.24.